The largest absolute Gasteiger partial charge is 0.507 e. The average Bonchev–Trinajstić information content (AvgIpc) is 2.44. The zero-order valence-corrected chi connectivity index (χ0v) is 12.2. The fraction of sp³-hybridized carbons (Fsp3) is 0.600. The molecule has 0 heterocycles. The summed E-state index contributed by atoms with van der Waals surface area (Å²) < 4.78 is 5.11. The number of nitrogens with zero attached hydrogens (tertiary/aromatic N) is 1. The maximum Gasteiger partial charge on any atom is 0.124 e. The Morgan fingerprint density at radius 1 is 1.37 bits per heavy atom. The molecule has 0 saturated carbocycles. The molecule has 0 aromatic heterocycles. The summed E-state index contributed by atoms with van der Waals surface area (Å²) in [4.78, 5) is 2.31. The topological polar surface area (TPSA) is 58.7 Å². The number of benzene rings is 1. The maximum atomic E-state index is 10.1. The third-order valence-corrected chi connectivity index (χ3v) is 3.47. The third kappa shape index (κ3) is 4.11. The van der Waals surface area contributed by atoms with Gasteiger partial charge in [-0.1, -0.05) is 26.3 Å². The quantitative estimate of drug-likeness (QED) is 0.759. The van der Waals surface area contributed by atoms with Crippen LogP contribution in [-0.4, -0.2) is 36.8 Å². The summed E-state index contributed by atoms with van der Waals surface area (Å²) in [6.07, 6.45) is 2.30. The highest BCUT2D eigenvalue weighted by Gasteiger charge is 2.20. The van der Waals surface area contributed by atoms with Gasteiger partial charge in [-0.15, -0.1) is 0 Å². The molecule has 4 nitrogen and oxygen atoms in total. The number of unbranched alkanes of at least 4 members (excludes halogenated alkanes) is 1. The number of hydrogen-bond donors (Lipinski definition) is 2. The number of aromatic hydroxyl groups is 1. The summed E-state index contributed by atoms with van der Waals surface area (Å²) in [5.41, 5.74) is 6.78. The molecule has 0 saturated heterocycles. The van der Waals surface area contributed by atoms with Gasteiger partial charge in [-0.25, -0.2) is 0 Å². The van der Waals surface area contributed by atoms with Crippen molar-refractivity contribution in [2.45, 2.75) is 32.7 Å². The van der Waals surface area contributed by atoms with E-state index in [1.165, 1.54) is 0 Å². The van der Waals surface area contributed by atoms with Crippen LogP contribution < -0.4 is 10.5 Å². The highest BCUT2D eigenvalue weighted by molar-refractivity contribution is 5.41. The lowest BCUT2D eigenvalue weighted by atomic mass is 10.0. The van der Waals surface area contributed by atoms with E-state index >= 15 is 0 Å². The van der Waals surface area contributed by atoms with Crippen LogP contribution in [0.1, 0.15) is 38.3 Å². The predicted molar refractivity (Wildman–Crippen MR) is 78.6 cm³/mol. The van der Waals surface area contributed by atoms with E-state index in [2.05, 4.69) is 18.7 Å². The van der Waals surface area contributed by atoms with Gasteiger partial charge in [0.2, 0.25) is 0 Å². The van der Waals surface area contributed by atoms with Gasteiger partial charge >= 0.3 is 0 Å². The molecule has 1 aromatic rings. The molecule has 108 valence electrons. The van der Waals surface area contributed by atoms with E-state index in [-0.39, 0.29) is 11.8 Å². The zero-order valence-electron chi connectivity index (χ0n) is 12.2. The van der Waals surface area contributed by atoms with Gasteiger partial charge in [0, 0.05) is 18.2 Å². The van der Waals surface area contributed by atoms with Crippen molar-refractivity contribution in [1.82, 2.24) is 4.90 Å². The second kappa shape index (κ2) is 8.02. The van der Waals surface area contributed by atoms with Crippen LogP contribution in [0, 0.1) is 0 Å². The first-order valence-electron chi connectivity index (χ1n) is 6.98. The molecule has 4 heteroatoms. The molecule has 3 N–H and O–H groups in total. The van der Waals surface area contributed by atoms with E-state index in [1.807, 2.05) is 12.1 Å². The molecule has 1 rings (SSSR count). The number of nitrogens with two attached hydrogens (primary N) is 1. The molecule has 0 spiro atoms. The molecule has 0 aliphatic carbocycles. The van der Waals surface area contributed by atoms with Gasteiger partial charge in [-0.2, -0.15) is 0 Å². The van der Waals surface area contributed by atoms with Crippen LogP contribution in [0.5, 0.6) is 11.5 Å². The summed E-state index contributed by atoms with van der Waals surface area (Å²) in [7, 11) is 1.59. The fourth-order valence-electron chi connectivity index (χ4n) is 2.30. The van der Waals surface area contributed by atoms with Gasteiger partial charge in [0.25, 0.3) is 0 Å². The van der Waals surface area contributed by atoms with Gasteiger partial charge < -0.3 is 15.6 Å². The summed E-state index contributed by atoms with van der Waals surface area (Å²) >= 11 is 0. The van der Waals surface area contributed by atoms with Gasteiger partial charge in [0.05, 0.1) is 13.2 Å². The number of ether oxygens (including phenoxy) is 1. The molecule has 0 amide bonds. The molecule has 1 unspecified atom stereocenters. The summed E-state index contributed by atoms with van der Waals surface area (Å²) in [6.45, 7) is 6.72. The van der Waals surface area contributed by atoms with Crippen molar-refractivity contribution in [3.05, 3.63) is 23.8 Å². The number of hydrogen-bond acceptors (Lipinski definition) is 4. The van der Waals surface area contributed by atoms with Crippen molar-refractivity contribution in [3.8, 4) is 11.5 Å². The Morgan fingerprint density at radius 3 is 2.58 bits per heavy atom. The highest BCUT2D eigenvalue weighted by atomic mass is 16.5. The van der Waals surface area contributed by atoms with Crippen LogP contribution in [0.2, 0.25) is 0 Å². The maximum absolute atomic E-state index is 10.1. The van der Waals surface area contributed by atoms with Gasteiger partial charge in [-0.3, -0.25) is 4.90 Å². The first-order valence-corrected chi connectivity index (χ1v) is 6.98. The molecule has 0 fully saturated rings. The first kappa shape index (κ1) is 15.8. The molecular weight excluding hydrogens is 240 g/mol. The molecule has 1 atom stereocenters. The fourth-order valence-corrected chi connectivity index (χ4v) is 2.30. The summed E-state index contributed by atoms with van der Waals surface area (Å²) in [6, 6.07) is 5.47. The number of phenols is 1. The van der Waals surface area contributed by atoms with Gasteiger partial charge in [0.1, 0.15) is 11.5 Å². The lowest BCUT2D eigenvalue weighted by molar-refractivity contribution is 0.205. The van der Waals surface area contributed by atoms with E-state index in [0.717, 1.165) is 31.5 Å². The van der Waals surface area contributed by atoms with Crippen molar-refractivity contribution in [2.24, 2.45) is 5.73 Å². The zero-order chi connectivity index (χ0) is 14.3. The van der Waals surface area contributed by atoms with Crippen LogP contribution in [0.3, 0.4) is 0 Å². The third-order valence-electron chi connectivity index (χ3n) is 3.47. The monoisotopic (exact) mass is 266 g/mol. The lowest BCUT2D eigenvalue weighted by Crippen LogP contribution is -2.34. The van der Waals surface area contributed by atoms with Crippen LogP contribution in [0.15, 0.2) is 18.2 Å². The Labute approximate surface area is 116 Å². The molecule has 0 bridgehead atoms. The standard InChI is InChI=1S/C15H26N2O2/c1-4-6-9-17(5-2)14(11-16)13-8-7-12(19-3)10-15(13)18/h7-8,10,14,18H,4-6,9,11,16H2,1-3H3. The molecule has 0 radical (unpaired) electrons. The molecule has 0 aliphatic rings. The van der Waals surface area contributed by atoms with E-state index in [9.17, 15) is 5.11 Å². The Kier molecular flexibility index (Phi) is 6.67. The van der Waals surface area contributed by atoms with Crippen molar-refractivity contribution in [1.29, 1.82) is 0 Å². The Morgan fingerprint density at radius 2 is 2.11 bits per heavy atom. The number of rotatable bonds is 8. The Bertz CT molecular complexity index is 382. The Hall–Kier alpha value is -1.26. The SMILES string of the molecule is CCCCN(CC)C(CN)c1ccc(OC)cc1O. The van der Waals surface area contributed by atoms with Crippen LogP contribution in [0.4, 0.5) is 0 Å². The minimum atomic E-state index is 0.0578. The Balaban J connectivity index is 2.94. The smallest absolute Gasteiger partial charge is 0.124 e. The summed E-state index contributed by atoms with van der Waals surface area (Å²) in [5.74, 6) is 0.915. The van der Waals surface area contributed by atoms with E-state index in [1.54, 1.807) is 13.2 Å². The van der Waals surface area contributed by atoms with E-state index in [0.29, 0.717) is 12.3 Å². The number of phenolic OH excluding ortho intramolecular Hbond substituents is 1. The van der Waals surface area contributed by atoms with Gasteiger partial charge in [0.15, 0.2) is 0 Å². The van der Waals surface area contributed by atoms with Crippen LogP contribution >= 0.6 is 0 Å². The molecule has 19 heavy (non-hydrogen) atoms. The predicted octanol–water partition coefficient (Wildman–Crippen LogP) is 2.52. The average molecular weight is 266 g/mol. The first-order chi connectivity index (χ1) is 9.17. The number of likely N-dealkylation sites (N-methyl/N-ethyl adjacent to an activating group) is 1. The minimum Gasteiger partial charge on any atom is -0.507 e. The van der Waals surface area contributed by atoms with Crippen molar-refractivity contribution < 1.29 is 9.84 Å². The van der Waals surface area contributed by atoms with E-state index < -0.39 is 0 Å². The molecule has 0 aliphatic heterocycles. The van der Waals surface area contributed by atoms with Crippen LogP contribution in [0.25, 0.3) is 0 Å². The second-order valence-corrected chi connectivity index (χ2v) is 4.66. The molecule has 1 aromatic carbocycles. The highest BCUT2D eigenvalue weighted by Crippen LogP contribution is 2.31. The van der Waals surface area contributed by atoms with E-state index in [4.69, 9.17) is 10.5 Å². The minimum absolute atomic E-state index is 0.0578. The van der Waals surface area contributed by atoms with Crippen molar-refractivity contribution in [3.63, 3.8) is 0 Å². The van der Waals surface area contributed by atoms with Crippen LogP contribution in [-0.2, 0) is 0 Å². The lowest BCUT2D eigenvalue weighted by Gasteiger charge is -2.30. The second-order valence-electron chi connectivity index (χ2n) is 4.66. The normalized spacial score (nSPS) is 12.7. The van der Waals surface area contributed by atoms with Crippen molar-refractivity contribution >= 4 is 0 Å². The van der Waals surface area contributed by atoms with Crippen molar-refractivity contribution in [2.75, 3.05) is 26.7 Å². The molecular formula is C15H26N2O2. The number of methoxy groups -OCH3 is 1. The van der Waals surface area contributed by atoms with Gasteiger partial charge in [-0.05, 0) is 25.6 Å². The summed E-state index contributed by atoms with van der Waals surface area (Å²) in [5, 5.41) is 10.1.